The molecule has 0 aliphatic rings. The van der Waals surface area contributed by atoms with Gasteiger partial charge in [-0.25, -0.2) is 14.4 Å². The number of ether oxygens (including phenoxy) is 1. The minimum absolute atomic E-state index is 0.00654. The van der Waals surface area contributed by atoms with Gasteiger partial charge in [0.1, 0.15) is 23.7 Å². The Morgan fingerprint density at radius 1 is 1.31 bits per heavy atom. The molecule has 7 nitrogen and oxygen atoms in total. The molecule has 0 spiro atoms. The monoisotopic (exact) mass is 476 g/mol. The SMILES string of the molecule is C=CC(=O)Nc1cc2c(Nc3ccc(F)c(Cl)c3)ncnc2cc1OCCCPOCC. The van der Waals surface area contributed by atoms with Crippen molar-refractivity contribution >= 4 is 54.4 Å². The molecule has 1 unspecified atom stereocenters. The summed E-state index contributed by atoms with van der Waals surface area (Å²) in [6, 6.07) is 7.74. The normalized spacial score (nSPS) is 11.1. The van der Waals surface area contributed by atoms with Gasteiger partial charge < -0.3 is 19.9 Å². The van der Waals surface area contributed by atoms with E-state index in [1.165, 1.54) is 24.5 Å². The number of halogens is 2. The zero-order chi connectivity index (χ0) is 22.9. The van der Waals surface area contributed by atoms with Crippen molar-refractivity contribution < 1.29 is 18.4 Å². The second kappa shape index (κ2) is 11.7. The van der Waals surface area contributed by atoms with Crippen LogP contribution in [0, 0.1) is 5.82 Å². The van der Waals surface area contributed by atoms with Crippen molar-refractivity contribution in [2.75, 3.05) is 30.0 Å². The van der Waals surface area contributed by atoms with E-state index in [0.717, 1.165) is 12.6 Å². The number of hydrogen-bond donors (Lipinski definition) is 2. The second-order valence-electron chi connectivity index (χ2n) is 6.56. The Labute approximate surface area is 192 Å². The predicted molar refractivity (Wildman–Crippen MR) is 128 cm³/mol. The van der Waals surface area contributed by atoms with Crippen LogP contribution in [0.5, 0.6) is 5.75 Å². The highest BCUT2D eigenvalue weighted by Crippen LogP contribution is 2.34. The Morgan fingerprint density at radius 3 is 2.91 bits per heavy atom. The molecule has 0 saturated heterocycles. The molecule has 3 rings (SSSR count). The van der Waals surface area contributed by atoms with Crippen LogP contribution in [-0.4, -0.2) is 35.3 Å². The summed E-state index contributed by atoms with van der Waals surface area (Å²) in [5.41, 5.74) is 1.63. The smallest absolute Gasteiger partial charge is 0.247 e. The number of hydrogen-bond acceptors (Lipinski definition) is 6. The molecule has 2 aromatic carbocycles. The largest absolute Gasteiger partial charge is 0.491 e. The van der Waals surface area contributed by atoms with Crippen LogP contribution in [-0.2, 0) is 9.32 Å². The molecule has 3 aromatic rings. The molecule has 1 heterocycles. The molecule has 0 fully saturated rings. The van der Waals surface area contributed by atoms with Gasteiger partial charge in [0.25, 0.3) is 0 Å². The predicted octanol–water partition coefficient (Wildman–Crippen LogP) is 5.69. The molecule has 0 aliphatic carbocycles. The molecule has 168 valence electrons. The number of nitrogens with one attached hydrogen (secondary N) is 2. The lowest BCUT2D eigenvalue weighted by atomic mass is 10.1. The number of fused-ring (bicyclic) bond motifs is 1. The number of carbonyl (C=O) groups excluding carboxylic acids is 1. The molecule has 1 aromatic heterocycles. The minimum Gasteiger partial charge on any atom is -0.491 e. The Balaban J connectivity index is 1.89. The standard InChI is InChI=1S/C22H23ClFN4O3P/c1-3-21(29)28-19-11-15-18(12-20(19)30-8-5-9-32-31-4-2)25-13-26-22(15)27-14-6-7-17(24)16(23)10-14/h3,6-7,10-13,32H,1,4-5,8-9H2,2H3,(H,28,29)(H,25,26,27). The number of benzene rings is 2. The van der Waals surface area contributed by atoms with E-state index in [1.54, 1.807) is 18.2 Å². The van der Waals surface area contributed by atoms with E-state index < -0.39 is 5.82 Å². The fraction of sp³-hybridized carbons (Fsp3) is 0.227. The molecular weight excluding hydrogens is 454 g/mol. The number of carbonyl (C=O) groups is 1. The summed E-state index contributed by atoms with van der Waals surface area (Å²) in [6.07, 6.45) is 4.29. The molecule has 32 heavy (non-hydrogen) atoms. The van der Waals surface area contributed by atoms with E-state index in [9.17, 15) is 9.18 Å². The maximum absolute atomic E-state index is 13.5. The van der Waals surface area contributed by atoms with Crippen LogP contribution >= 0.6 is 20.4 Å². The molecule has 0 aliphatic heterocycles. The minimum atomic E-state index is -0.511. The number of amides is 1. The van der Waals surface area contributed by atoms with Gasteiger partial charge in [-0.3, -0.25) is 4.79 Å². The highest BCUT2D eigenvalue weighted by Gasteiger charge is 2.13. The van der Waals surface area contributed by atoms with Crippen molar-refractivity contribution in [2.45, 2.75) is 13.3 Å². The second-order valence-corrected chi connectivity index (χ2v) is 8.05. The summed E-state index contributed by atoms with van der Waals surface area (Å²) in [5, 5.41) is 6.50. The fourth-order valence-electron chi connectivity index (χ4n) is 2.80. The fourth-order valence-corrected chi connectivity index (χ4v) is 3.61. The topological polar surface area (TPSA) is 85.4 Å². The summed E-state index contributed by atoms with van der Waals surface area (Å²) in [6.45, 7) is 6.62. The quantitative estimate of drug-likeness (QED) is 0.210. The number of anilines is 3. The molecule has 0 radical (unpaired) electrons. The molecule has 2 N–H and O–H groups in total. The zero-order valence-electron chi connectivity index (χ0n) is 17.5. The van der Waals surface area contributed by atoms with E-state index in [1.807, 2.05) is 6.92 Å². The van der Waals surface area contributed by atoms with Gasteiger partial charge in [0.2, 0.25) is 5.91 Å². The molecule has 0 saturated carbocycles. The van der Waals surface area contributed by atoms with Crippen LogP contribution < -0.4 is 15.4 Å². The van der Waals surface area contributed by atoms with Gasteiger partial charge in [0, 0.05) is 32.6 Å². The molecular formula is C22H23ClFN4O3P. The lowest BCUT2D eigenvalue weighted by Crippen LogP contribution is -2.10. The van der Waals surface area contributed by atoms with Gasteiger partial charge in [0.05, 0.1) is 22.8 Å². The van der Waals surface area contributed by atoms with Crippen LogP contribution in [0.25, 0.3) is 10.9 Å². The third-order valence-corrected chi connectivity index (χ3v) is 5.63. The maximum atomic E-state index is 13.5. The first-order valence-electron chi connectivity index (χ1n) is 9.93. The Kier molecular flexibility index (Phi) is 8.73. The van der Waals surface area contributed by atoms with Gasteiger partial charge >= 0.3 is 0 Å². The van der Waals surface area contributed by atoms with Gasteiger partial charge in [-0.1, -0.05) is 18.2 Å². The van der Waals surface area contributed by atoms with Gasteiger partial charge in [0.15, 0.2) is 0 Å². The highest BCUT2D eigenvalue weighted by atomic mass is 35.5. The molecule has 0 bridgehead atoms. The van der Waals surface area contributed by atoms with Crippen molar-refractivity contribution in [2.24, 2.45) is 0 Å². The van der Waals surface area contributed by atoms with Crippen molar-refractivity contribution in [3.63, 3.8) is 0 Å². The van der Waals surface area contributed by atoms with Gasteiger partial charge in [-0.15, -0.1) is 0 Å². The number of rotatable bonds is 11. The average Bonchev–Trinajstić information content (AvgIpc) is 2.79. The zero-order valence-corrected chi connectivity index (χ0v) is 19.2. The van der Waals surface area contributed by atoms with Crippen LogP contribution in [0.3, 0.4) is 0 Å². The Morgan fingerprint density at radius 2 is 2.16 bits per heavy atom. The van der Waals surface area contributed by atoms with Crippen LogP contribution in [0.4, 0.5) is 21.6 Å². The Hall–Kier alpha value is -2.80. The molecule has 1 atom stereocenters. The first kappa shape index (κ1) is 23.9. The summed E-state index contributed by atoms with van der Waals surface area (Å²) in [4.78, 5) is 20.6. The van der Waals surface area contributed by atoms with E-state index in [4.69, 9.17) is 20.9 Å². The van der Waals surface area contributed by atoms with Crippen LogP contribution in [0.15, 0.2) is 49.3 Å². The van der Waals surface area contributed by atoms with Crippen LogP contribution in [0.2, 0.25) is 5.02 Å². The first-order chi connectivity index (χ1) is 15.5. The summed E-state index contributed by atoms with van der Waals surface area (Å²) in [5.74, 6) is 0.0737. The van der Waals surface area contributed by atoms with E-state index >= 15 is 0 Å². The average molecular weight is 477 g/mol. The number of aromatic nitrogens is 2. The van der Waals surface area contributed by atoms with E-state index in [0.29, 0.717) is 55.9 Å². The summed E-state index contributed by atoms with van der Waals surface area (Å²) >= 11 is 5.88. The van der Waals surface area contributed by atoms with Crippen molar-refractivity contribution in [1.82, 2.24) is 9.97 Å². The third-order valence-electron chi connectivity index (χ3n) is 4.29. The van der Waals surface area contributed by atoms with Crippen molar-refractivity contribution in [1.29, 1.82) is 0 Å². The maximum Gasteiger partial charge on any atom is 0.247 e. The lowest BCUT2D eigenvalue weighted by molar-refractivity contribution is -0.111. The summed E-state index contributed by atoms with van der Waals surface area (Å²) < 4.78 is 24.8. The first-order valence-corrected chi connectivity index (χ1v) is 11.4. The lowest BCUT2D eigenvalue weighted by Gasteiger charge is -2.15. The van der Waals surface area contributed by atoms with Crippen LogP contribution in [0.1, 0.15) is 13.3 Å². The Bertz CT molecular complexity index is 1120. The highest BCUT2D eigenvalue weighted by molar-refractivity contribution is 7.32. The number of nitrogens with zero attached hydrogens (tertiary/aromatic N) is 2. The van der Waals surface area contributed by atoms with Crippen molar-refractivity contribution in [3.8, 4) is 5.75 Å². The summed E-state index contributed by atoms with van der Waals surface area (Å²) in [7, 11) is 0.435. The van der Waals surface area contributed by atoms with Gasteiger partial charge in [-0.05, 0) is 49.8 Å². The van der Waals surface area contributed by atoms with Gasteiger partial charge in [-0.2, -0.15) is 0 Å². The third kappa shape index (κ3) is 6.36. The molecule has 10 heteroatoms. The molecule has 1 amide bonds. The van der Waals surface area contributed by atoms with E-state index in [2.05, 4.69) is 27.2 Å². The van der Waals surface area contributed by atoms with E-state index in [-0.39, 0.29) is 10.9 Å². The van der Waals surface area contributed by atoms with Crippen molar-refractivity contribution in [3.05, 3.63) is 60.2 Å².